The smallest absolute Gasteiger partial charge is 0.352 e. The maximum atomic E-state index is 12.8. The summed E-state index contributed by atoms with van der Waals surface area (Å²) < 4.78 is 26.7. The fourth-order valence-corrected chi connectivity index (χ4v) is 4.32. The number of aromatic nitrogens is 1. The normalized spacial score (nSPS) is 11.9. The molecule has 21 heavy (non-hydrogen) atoms. The molecule has 0 spiro atoms. The van der Waals surface area contributed by atoms with Crippen LogP contribution in [0, 0.1) is 25.2 Å². The highest BCUT2D eigenvalue weighted by Gasteiger charge is 2.32. The van der Waals surface area contributed by atoms with Crippen LogP contribution in [0.3, 0.4) is 0 Å². The first-order chi connectivity index (χ1) is 9.64. The van der Waals surface area contributed by atoms with Gasteiger partial charge in [0.25, 0.3) is 0 Å². The number of hydrogen-bond donors (Lipinski definition) is 2. The molecule has 0 aromatic carbocycles. The van der Waals surface area contributed by atoms with Gasteiger partial charge in [-0.15, -0.1) is 0 Å². The lowest BCUT2D eigenvalue weighted by atomic mass is 10.2. The summed E-state index contributed by atoms with van der Waals surface area (Å²) >= 11 is 0. The van der Waals surface area contributed by atoms with Crippen molar-refractivity contribution in [3.05, 3.63) is 17.0 Å². The molecule has 0 aliphatic carbocycles. The van der Waals surface area contributed by atoms with Gasteiger partial charge in [-0.1, -0.05) is 0 Å². The molecular weight excluding hydrogens is 294 g/mol. The first-order valence-corrected chi connectivity index (χ1v) is 7.89. The lowest BCUT2D eigenvalue weighted by Gasteiger charge is -2.25. The molecular formula is C13H19N3O4S. The summed E-state index contributed by atoms with van der Waals surface area (Å²) in [6, 6.07) is 1.59. The number of aryl methyl sites for hydroxylation is 1. The Bertz CT molecular complexity index is 683. The van der Waals surface area contributed by atoms with Gasteiger partial charge >= 0.3 is 5.97 Å². The zero-order chi connectivity index (χ0) is 16.4. The number of rotatable bonds is 6. The van der Waals surface area contributed by atoms with E-state index in [9.17, 15) is 13.2 Å². The number of carboxylic acid groups (broad SMARTS) is 1. The zero-order valence-electron chi connectivity index (χ0n) is 12.5. The molecule has 0 amide bonds. The van der Waals surface area contributed by atoms with Crippen LogP contribution in [-0.4, -0.2) is 41.4 Å². The maximum Gasteiger partial charge on any atom is 0.352 e. The number of carboxylic acids is 1. The topological polar surface area (TPSA) is 114 Å². The SMILES string of the molecule is Cc1[nH]c(C(=O)O)c(C)c1S(=O)(=O)N(CCC#N)C(C)C. The van der Waals surface area contributed by atoms with E-state index in [0.29, 0.717) is 0 Å². The average Bonchev–Trinajstić information content (AvgIpc) is 2.65. The van der Waals surface area contributed by atoms with Crippen LogP contribution in [0.5, 0.6) is 0 Å². The fourth-order valence-electron chi connectivity index (χ4n) is 2.27. The molecule has 1 heterocycles. The predicted molar refractivity (Wildman–Crippen MR) is 76.5 cm³/mol. The minimum absolute atomic E-state index is 0.0217. The molecule has 0 fully saturated rings. The summed E-state index contributed by atoms with van der Waals surface area (Å²) in [5.41, 5.74) is 0.338. The van der Waals surface area contributed by atoms with Crippen LogP contribution in [0.2, 0.25) is 0 Å². The van der Waals surface area contributed by atoms with Crippen LogP contribution < -0.4 is 0 Å². The van der Waals surface area contributed by atoms with Crippen molar-refractivity contribution in [2.75, 3.05) is 6.54 Å². The summed E-state index contributed by atoms with van der Waals surface area (Å²) in [6.07, 6.45) is 0.0751. The van der Waals surface area contributed by atoms with Gasteiger partial charge in [-0.3, -0.25) is 0 Å². The quantitative estimate of drug-likeness (QED) is 0.828. The Morgan fingerprint density at radius 1 is 1.43 bits per heavy atom. The number of hydrogen-bond acceptors (Lipinski definition) is 4. The molecule has 0 bridgehead atoms. The van der Waals surface area contributed by atoms with Gasteiger partial charge in [0.1, 0.15) is 10.6 Å². The first kappa shape index (κ1) is 17.2. The highest BCUT2D eigenvalue weighted by Crippen LogP contribution is 2.27. The van der Waals surface area contributed by atoms with E-state index in [1.54, 1.807) is 13.8 Å². The second-order valence-electron chi connectivity index (χ2n) is 5.00. The predicted octanol–water partition coefficient (Wildman–Crippen LogP) is 1.64. The summed E-state index contributed by atoms with van der Waals surface area (Å²) in [5.74, 6) is -1.20. The Balaban J connectivity index is 3.42. The van der Waals surface area contributed by atoms with Crippen molar-refractivity contribution in [2.24, 2.45) is 0 Å². The molecule has 1 aromatic rings. The highest BCUT2D eigenvalue weighted by atomic mass is 32.2. The van der Waals surface area contributed by atoms with E-state index >= 15 is 0 Å². The number of nitrogens with zero attached hydrogens (tertiary/aromatic N) is 2. The van der Waals surface area contributed by atoms with Gasteiger partial charge in [-0.05, 0) is 27.7 Å². The summed E-state index contributed by atoms with van der Waals surface area (Å²) in [7, 11) is -3.86. The maximum absolute atomic E-state index is 12.8. The number of aromatic amines is 1. The van der Waals surface area contributed by atoms with E-state index in [-0.39, 0.29) is 40.9 Å². The second-order valence-corrected chi connectivity index (χ2v) is 6.83. The molecule has 0 saturated heterocycles. The van der Waals surface area contributed by atoms with E-state index in [1.165, 1.54) is 18.2 Å². The van der Waals surface area contributed by atoms with Gasteiger partial charge in [0.2, 0.25) is 10.0 Å². The Kier molecular flexibility index (Phi) is 5.15. The van der Waals surface area contributed by atoms with Crippen LogP contribution in [-0.2, 0) is 10.0 Å². The summed E-state index contributed by atoms with van der Waals surface area (Å²) in [5, 5.41) is 17.7. The van der Waals surface area contributed by atoms with Crippen molar-refractivity contribution in [1.29, 1.82) is 5.26 Å². The third kappa shape index (κ3) is 3.25. The number of carbonyl (C=O) groups is 1. The number of aromatic carboxylic acids is 1. The van der Waals surface area contributed by atoms with Gasteiger partial charge in [0.05, 0.1) is 6.07 Å². The molecule has 116 valence electrons. The van der Waals surface area contributed by atoms with E-state index < -0.39 is 16.0 Å². The lowest BCUT2D eigenvalue weighted by molar-refractivity contribution is 0.0690. The Hall–Kier alpha value is -1.85. The van der Waals surface area contributed by atoms with E-state index in [1.807, 2.05) is 6.07 Å². The summed E-state index contributed by atoms with van der Waals surface area (Å²) in [4.78, 5) is 13.7. The number of nitrogens with one attached hydrogen (secondary N) is 1. The van der Waals surface area contributed by atoms with Crippen molar-refractivity contribution in [3.63, 3.8) is 0 Å². The molecule has 0 radical (unpaired) electrons. The van der Waals surface area contributed by atoms with E-state index in [4.69, 9.17) is 10.4 Å². The van der Waals surface area contributed by atoms with Crippen LogP contribution >= 0.6 is 0 Å². The molecule has 7 nitrogen and oxygen atoms in total. The summed E-state index contributed by atoms with van der Waals surface area (Å²) in [6.45, 7) is 6.48. The Labute approximate surface area is 124 Å². The van der Waals surface area contributed by atoms with Gasteiger partial charge < -0.3 is 10.1 Å². The van der Waals surface area contributed by atoms with E-state index in [0.717, 1.165) is 0 Å². The van der Waals surface area contributed by atoms with Gasteiger partial charge in [0, 0.05) is 30.3 Å². The van der Waals surface area contributed by atoms with Crippen LogP contribution in [0.1, 0.15) is 42.0 Å². The van der Waals surface area contributed by atoms with Crippen LogP contribution in [0.4, 0.5) is 0 Å². The van der Waals surface area contributed by atoms with Crippen molar-refractivity contribution in [2.45, 2.75) is 45.1 Å². The molecule has 0 atom stereocenters. The largest absolute Gasteiger partial charge is 0.477 e. The minimum Gasteiger partial charge on any atom is -0.477 e. The monoisotopic (exact) mass is 313 g/mol. The molecule has 1 rings (SSSR count). The van der Waals surface area contributed by atoms with Gasteiger partial charge in [-0.25, -0.2) is 13.2 Å². The molecule has 8 heteroatoms. The minimum atomic E-state index is -3.86. The van der Waals surface area contributed by atoms with Crippen LogP contribution in [0.15, 0.2) is 4.90 Å². The third-order valence-corrected chi connectivity index (χ3v) is 5.52. The molecule has 0 aliphatic heterocycles. The third-order valence-electron chi connectivity index (χ3n) is 3.17. The molecule has 1 aromatic heterocycles. The van der Waals surface area contributed by atoms with Crippen molar-refractivity contribution in [1.82, 2.24) is 9.29 Å². The molecule has 2 N–H and O–H groups in total. The second kappa shape index (κ2) is 6.28. The molecule has 0 saturated carbocycles. The number of sulfonamides is 1. The van der Waals surface area contributed by atoms with E-state index in [2.05, 4.69) is 4.98 Å². The van der Waals surface area contributed by atoms with Gasteiger partial charge in [0.15, 0.2) is 0 Å². The highest BCUT2D eigenvalue weighted by molar-refractivity contribution is 7.89. The van der Waals surface area contributed by atoms with Gasteiger partial charge in [-0.2, -0.15) is 9.57 Å². The fraction of sp³-hybridized carbons (Fsp3) is 0.538. The molecule has 0 unspecified atom stereocenters. The van der Waals surface area contributed by atoms with Crippen molar-refractivity contribution in [3.8, 4) is 6.07 Å². The average molecular weight is 313 g/mol. The van der Waals surface area contributed by atoms with Crippen molar-refractivity contribution < 1.29 is 18.3 Å². The molecule has 0 aliphatic rings. The number of H-pyrrole nitrogens is 1. The Morgan fingerprint density at radius 2 is 2.00 bits per heavy atom. The standard InChI is InChI=1S/C13H19N3O4S/c1-8(2)16(7-5-6-14)21(19,20)12-9(3)11(13(17)18)15-10(12)4/h8,15H,5,7H2,1-4H3,(H,17,18). The first-order valence-electron chi connectivity index (χ1n) is 6.45. The Morgan fingerprint density at radius 3 is 2.38 bits per heavy atom. The zero-order valence-corrected chi connectivity index (χ0v) is 13.3. The lowest BCUT2D eigenvalue weighted by Crippen LogP contribution is -2.38. The number of nitriles is 1. The van der Waals surface area contributed by atoms with Crippen LogP contribution in [0.25, 0.3) is 0 Å². The van der Waals surface area contributed by atoms with Crippen molar-refractivity contribution >= 4 is 16.0 Å².